The van der Waals surface area contributed by atoms with Crippen LogP contribution in [0.3, 0.4) is 0 Å². The first-order chi connectivity index (χ1) is 15.4. The molecule has 3 N–H and O–H groups in total. The highest BCUT2D eigenvalue weighted by molar-refractivity contribution is 14.1. The molecule has 0 saturated carbocycles. The molecule has 0 aromatic heterocycles. The van der Waals surface area contributed by atoms with Gasteiger partial charge >= 0.3 is 0 Å². The number of carbonyl (C=O) groups excluding carboxylic acids is 1. The van der Waals surface area contributed by atoms with E-state index >= 15 is 0 Å². The van der Waals surface area contributed by atoms with E-state index < -0.39 is 46.8 Å². The van der Waals surface area contributed by atoms with Crippen molar-refractivity contribution in [2.45, 2.75) is 0 Å². The van der Waals surface area contributed by atoms with Gasteiger partial charge in [0.25, 0.3) is 5.91 Å². The third-order valence-electron chi connectivity index (χ3n) is 3.62. The second kappa shape index (κ2) is 12.8. The van der Waals surface area contributed by atoms with Crippen LogP contribution in [0.15, 0.2) is 34.6 Å². The van der Waals surface area contributed by atoms with Crippen molar-refractivity contribution in [3.05, 3.63) is 56.4 Å². The number of hydrogen-bond acceptors (Lipinski definition) is 8. The predicted molar refractivity (Wildman–Crippen MR) is 118 cm³/mol. The lowest BCUT2D eigenvalue weighted by molar-refractivity contribution is 0.0168. The van der Waals surface area contributed by atoms with E-state index in [0.717, 1.165) is 12.3 Å². The molecule has 9 nitrogen and oxygen atoms in total. The summed E-state index contributed by atoms with van der Waals surface area (Å²) < 4.78 is 44.3. The molecule has 0 unspecified atom stereocenters. The summed E-state index contributed by atoms with van der Waals surface area (Å²) in [7, 11) is 1.33. The van der Waals surface area contributed by atoms with E-state index in [9.17, 15) is 18.0 Å². The number of rotatable bonds is 11. The Hall–Kier alpha value is -2.91. The van der Waals surface area contributed by atoms with Crippen LogP contribution in [0.2, 0.25) is 0 Å². The van der Waals surface area contributed by atoms with E-state index in [2.05, 4.69) is 20.5 Å². The summed E-state index contributed by atoms with van der Waals surface area (Å²) in [5, 5.41) is 18.0. The van der Waals surface area contributed by atoms with E-state index in [1.54, 1.807) is 0 Å². The second-order valence-corrected chi connectivity index (χ2v) is 7.02. The molecule has 0 bridgehead atoms. The number of anilines is 2. The Morgan fingerprint density at radius 3 is 2.69 bits per heavy atom. The summed E-state index contributed by atoms with van der Waals surface area (Å²) in [6, 6.07) is 4.99. The summed E-state index contributed by atoms with van der Waals surface area (Å²) in [4.78, 5) is 26.4. The van der Waals surface area contributed by atoms with Crippen molar-refractivity contribution in [1.82, 2.24) is 5.48 Å². The standard InChI is InChI=1S/C19H18F3IN4O5/c1-30-24-4-6-31-25-10-11-8-13(19(29)27-32-7-5-28)18(17(22)16(11)21)26-15-3-2-12(23)9-14(15)20/h2-4,8-10,26,28H,5-7H2,1H3,(H,27,29)/b24-4+,25-10?. The minimum atomic E-state index is -1.46. The van der Waals surface area contributed by atoms with Crippen LogP contribution in [-0.4, -0.2) is 50.4 Å². The molecule has 2 aromatic carbocycles. The van der Waals surface area contributed by atoms with Gasteiger partial charge in [-0.25, -0.2) is 18.7 Å². The fraction of sp³-hybridized carbons (Fsp3) is 0.211. The minimum absolute atomic E-state index is 0.109. The maximum atomic E-state index is 14.9. The van der Waals surface area contributed by atoms with Crippen LogP contribution < -0.4 is 10.8 Å². The normalized spacial score (nSPS) is 11.2. The van der Waals surface area contributed by atoms with E-state index in [1.807, 2.05) is 28.1 Å². The van der Waals surface area contributed by atoms with Crippen molar-refractivity contribution in [2.75, 3.05) is 32.2 Å². The number of oxime groups is 2. The number of benzene rings is 2. The van der Waals surface area contributed by atoms with Crippen molar-refractivity contribution in [2.24, 2.45) is 10.3 Å². The zero-order chi connectivity index (χ0) is 23.5. The van der Waals surface area contributed by atoms with Crippen LogP contribution in [0.1, 0.15) is 15.9 Å². The van der Waals surface area contributed by atoms with Gasteiger partial charge in [-0.15, -0.1) is 0 Å². The summed E-state index contributed by atoms with van der Waals surface area (Å²) in [5.74, 6) is -4.53. The molecule has 0 heterocycles. The average Bonchev–Trinajstić information content (AvgIpc) is 2.76. The van der Waals surface area contributed by atoms with Gasteiger partial charge in [0.1, 0.15) is 12.9 Å². The van der Waals surface area contributed by atoms with E-state index in [0.29, 0.717) is 3.57 Å². The molecule has 0 fully saturated rings. The number of halogens is 4. The molecule has 0 aliphatic rings. The van der Waals surface area contributed by atoms with Crippen LogP contribution in [0.5, 0.6) is 0 Å². The molecule has 172 valence electrons. The largest absolute Gasteiger partial charge is 0.399 e. The van der Waals surface area contributed by atoms with Crippen LogP contribution >= 0.6 is 22.6 Å². The highest BCUT2D eigenvalue weighted by atomic mass is 127. The van der Waals surface area contributed by atoms with Gasteiger partial charge in [0, 0.05) is 9.13 Å². The van der Waals surface area contributed by atoms with Gasteiger partial charge in [-0.3, -0.25) is 9.63 Å². The lowest BCUT2D eigenvalue weighted by atomic mass is 10.1. The fourth-order valence-electron chi connectivity index (χ4n) is 2.26. The lowest BCUT2D eigenvalue weighted by Crippen LogP contribution is -2.26. The molecule has 2 aromatic rings. The molecule has 0 radical (unpaired) electrons. The van der Waals surface area contributed by atoms with Gasteiger partial charge in [0.15, 0.2) is 18.2 Å². The zero-order valence-corrected chi connectivity index (χ0v) is 18.7. The molecule has 0 aliphatic heterocycles. The summed E-state index contributed by atoms with van der Waals surface area (Å²) in [6.45, 7) is -0.740. The predicted octanol–water partition coefficient (Wildman–Crippen LogP) is 3.09. The second-order valence-electron chi connectivity index (χ2n) is 5.77. The van der Waals surface area contributed by atoms with E-state index in [4.69, 9.17) is 14.8 Å². The Morgan fingerprint density at radius 2 is 2.00 bits per heavy atom. The van der Waals surface area contributed by atoms with Gasteiger partial charge in [0.2, 0.25) is 0 Å². The number of nitrogens with zero attached hydrogens (tertiary/aromatic N) is 2. The Labute approximate surface area is 194 Å². The minimum Gasteiger partial charge on any atom is -0.399 e. The highest BCUT2D eigenvalue weighted by Crippen LogP contribution is 2.30. The summed E-state index contributed by atoms with van der Waals surface area (Å²) in [6.07, 6.45) is 2.08. The molecule has 0 spiro atoms. The quantitative estimate of drug-likeness (QED) is 0.167. The molecule has 32 heavy (non-hydrogen) atoms. The maximum absolute atomic E-state index is 14.9. The Kier molecular flexibility index (Phi) is 10.2. The summed E-state index contributed by atoms with van der Waals surface area (Å²) in [5.41, 5.74) is 0.335. The van der Waals surface area contributed by atoms with Gasteiger partial charge in [-0.2, -0.15) is 0 Å². The molecule has 0 saturated heterocycles. The highest BCUT2D eigenvalue weighted by Gasteiger charge is 2.23. The first-order valence-corrected chi connectivity index (χ1v) is 9.94. The monoisotopic (exact) mass is 566 g/mol. The Morgan fingerprint density at radius 1 is 1.22 bits per heavy atom. The van der Waals surface area contributed by atoms with Crippen LogP contribution in [0.25, 0.3) is 0 Å². The fourth-order valence-corrected chi connectivity index (χ4v) is 2.71. The molecule has 2 rings (SSSR count). The third-order valence-corrected chi connectivity index (χ3v) is 4.29. The van der Waals surface area contributed by atoms with Gasteiger partial charge in [-0.05, 0) is 46.9 Å². The van der Waals surface area contributed by atoms with Gasteiger partial charge in [0.05, 0.1) is 42.6 Å². The summed E-state index contributed by atoms with van der Waals surface area (Å²) >= 11 is 1.88. The topological polar surface area (TPSA) is 114 Å². The third kappa shape index (κ3) is 7.06. The van der Waals surface area contributed by atoms with Crippen molar-refractivity contribution < 1.29 is 37.6 Å². The maximum Gasteiger partial charge on any atom is 0.277 e. The Balaban J connectivity index is 2.41. The number of nitrogens with one attached hydrogen (secondary N) is 2. The number of aliphatic hydroxyl groups is 1. The van der Waals surface area contributed by atoms with Crippen molar-refractivity contribution in [1.29, 1.82) is 0 Å². The molecule has 0 aliphatic carbocycles. The van der Waals surface area contributed by atoms with Gasteiger partial charge in [-0.1, -0.05) is 10.3 Å². The van der Waals surface area contributed by atoms with Crippen molar-refractivity contribution in [3.63, 3.8) is 0 Å². The van der Waals surface area contributed by atoms with E-state index in [-0.39, 0.29) is 18.9 Å². The van der Waals surface area contributed by atoms with Crippen LogP contribution in [0.4, 0.5) is 24.5 Å². The molecular weight excluding hydrogens is 548 g/mol. The molecular formula is C19H18F3IN4O5. The van der Waals surface area contributed by atoms with Crippen molar-refractivity contribution in [3.8, 4) is 0 Å². The Bertz CT molecular complexity index is 1010. The number of aliphatic hydroxyl groups excluding tert-OH is 1. The molecule has 0 atom stereocenters. The zero-order valence-electron chi connectivity index (χ0n) is 16.6. The van der Waals surface area contributed by atoms with Gasteiger partial charge < -0.3 is 20.1 Å². The van der Waals surface area contributed by atoms with Crippen LogP contribution in [0, 0.1) is 21.0 Å². The average molecular weight is 566 g/mol. The molecule has 1 amide bonds. The first kappa shape index (κ1) is 25.4. The van der Waals surface area contributed by atoms with Crippen LogP contribution in [-0.2, 0) is 14.5 Å². The number of hydrogen-bond donors (Lipinski definition) is 3. The number of carbonyl (C=O) groups is 1. The smallest absolute Gasteiger partial charge is 0.277 e. The number of amides is 1. The molecule has 13 heteroatoms. The first-order valence-electron chi connectivity index (χ1n) is 8.86. The lowest BCUT2D eigenvalue weighted by Gasteiger charge is -2.15. The van der Waals surface area contributed by atoms with E-state index in [1.165, 1.54) is 31.5 Å². The number of hydroxylamine groups is 1. The van der Waals surface area contributed by atoms with Crippen molar-refractivity contribution >= 4 is 52.3 Å². The SMILES string of the molecule is CO/N=C/CON=Cc1cc(C(=O)NOCCO)c(Nc2ccc(I)cc2F)c(F)c1F.